The number of fused-ring (bicyclic) bond motifs is 1. The summed E-state index contributed by atoms with van der Waals surface area (Å²) in [4.78, 5) is 12.9. The maximum Gasteiger partial charge on any atom is 0.256 e. The quantitative estimate of drug-likeness (QED) is 0.361. The molecular formula is C19H31NO10. The van der Waals surface area contributed by atoms with Crippen molar-refractivity contribution < 1.29 is 48.5 Å². The predicted molar refractivity (Wildman–Crippen MR) is 100.0 cm³/mol. The average Bonchev–Trinajstić information content (AvgIpc) is 2.72. The summed E-state index contributed by atoms with van der Waals surface area (Å²) in [7, 11) is 2.75. The molecule has 3 heterocycles. The zero-order chi connectivity index (χ0) is 22.1. The number of carbonyl (C=O) groups is 1. The molecule has 3 saturated heterocycles. The largest absolute Gasteiger partial charge is 0.394 e. The molecule has 3 fully saturated rings. The molecule has 3 rings (SSSR count). The van der Waals surface area contributed by atoms with E-state index in [1.165, 1.54) is 14.2 Å². The van der Waals surface area contributed by atoms with Crippen molar-refractivity contribution in [3.63, 3.8) is 0 Å². The van der Waals surface area contributed by atoms with E-state index in [1.807, 2.05) is 0 Å². The van der Waals surface area contributed by atoms with Crippen LogP contribution in [0.2, 0.25) is 0 Å². The van der Waals surface area contributed by atoms with Crippen LogP contribution in [0.1, 0.15) is 19.8 Å². The van der Waals surface area contributed by atoms with Gasteiger partial charge in [-0.05, 0) is 13.3 Å². The zero-order valence-corrected chi connectivity index (χ0v) is 17.4. The maximum absolute atomic E-state index is 12.9. The van der Waals surface area contributed by atoms with Gasteiger partial charge in [0.1, 0.15) is 37.3 Å². The van der Waals surface area contributed by atoms with Gasteiger partial charge in [-0.3, -0.25) is 4.79 Å². The minimum atomic E-state index is -1.67. The maximum atomic E-state index is 12.9. The molecule has 11 nitrogen and oxygen atoms in total. The first-order valence-electron chi connectivity index (χ1n) is 9.84. The Bertz CT molecular complexity index is 632. The van der Waals surface area contributed by atoms with E-state index < -0.39 is 61.2 Å². The lowest BCUT2D eigenvalue weighted by Gasteiger charge is -2.48. The summed E-state index contributed by atoms with van der Waals surface area (Å²) in [5.74, 6) is -2.37. The van der Waals surface area contributed by atoms with Crippen molar-refractivity contribution >= 4 is 5.91 Å². The second-order valence-electron chi connectivity index (χ2n) is 7.84. The fraction of sp³-hybridized carbons (Fsp3) is 0.842. The first-order valence-corrected chi connectivity index (χ1v) is 9.84. The number of hydrogen-bond donors (Lipinski definition) is 4. The van der Waals surface area contributed by atoms with Crippen LogP contribution >= 0.6 is 0 Å². The van der Waals surface area contributed by atoms with Crippen LogP contribution in [0.3, 0.4) is 0 Å². The van der Waals surface area contributed by atoms with Crippen LogP contribution in [0.15, 0.2) is 12.2 Å². The number of carbonyl (C=O) groups excluding carboxylic acids is 1. The number of ether oxygens (including phenoxy) is 6. The fourth-order valence-electron chi connectivity index (χ4n) is 4.28. The molecule has 3 aliphatic rings. The van der Waals surface area contributed by atoms with E-state index in [1.54, 1.807) is 6.92 Å². The van der Waals surface area contributed by atoms with Crippen molar-refractivity contribution in [2.45, 2.75) is 74.5 Å². The number of aliphatic hydroxyl groups excluding tert-OH is 3. The lowest BCUT2D eigenvalue weighted by atomic mass is 9.92. The van der Waals surface area contributed by atoms with Crippen molar-refractivity contribution in [1.29, 1.82) is 0 Å². The lowest BCUT2D eigenvalue weighted by molar-refractivity contribution is -0.326. The van der Waals surface area contributed by atoms with Gasteiger partial charge in [0.2, 0.25) is 5.79 Å². The molecule has 9 atom stereocenters. The second kappa shape index (κ2) is 9.55. The number of methoxy groups -OCH3 is 2. The molecule has 0 spiro atoms. The lowest BCUT2D eigenvalue weighted by Crippen LogP contribution is -2.69. The summed E-state index contributed by atoms with van der Waals surface area (Å²) in [5, 5.41) is 33.2. The number of amides is 1. The van der Waals surface area contributed by atoms with E-state index in [0.29, 0.717) is 6.42 Å². The molecule has 0 saturated carbocycles. The van der Waals surface area contributed by atoms with E-state index in [0.717, 1.165) is 5.57 Å². The summed E-state index contributed by atoms with van der Waals surface area (Å²) in [5.41, 5.74) is 0.795. The third kappa shape index (κ3) is 4.40. The molecule has 0 aromatic heterocycles. The molecular weight excluding hydrogens is 402 g/mol. The van der Waals surface area contributed by atoms with Crippen LogP contribution < -0.4 is 5.32 Å². The smallest absolute Gasteiger partial charge is 0.256 e. The van der Waals surface area contributed by atoms with Gasteiger partial charge in [-0.2, -0.15) is 0 Å². The van der Waals surface area contributed by atoms with Crippen LogP contribution in [0.5, 0.6) is 0 Å². The van der Waals surface area contributed by atoms with Gasteiger partial charge in [-0.15, -0.1) is 0 Å². The Labute approximate surface area is 174 Å². The Hall–Kier alpha value is -1.15. The third-order valence-electron chi connectivity index (χ3n) is 5.72. The molecule has 172 valence electrons. The van der Waals surface area contributed by atoms with E-state index in [9.17, 15) is 20.1 Å². The van der Waals surface area contributed by atoms with Gasteiger partial charge in [-0.1, -0.05) is 12.2 Å². The zero-order valence-electron chi connectivity index (χ0n) is 17.4. The summed E-state index contributed by atoms with van der Waals surface area (Å²) in [6.07, 6.45) is -6.75. The fourth-order valence-corrected chi connectivity index (χ4v) is 4.28. The average molecular weight is 433 g/mol. The van der Waals surface area contributed by atoms with Crippen LogP contribution in [0.4, 0.5) is 0 Å². The summed E-state index contributed by atoms with van der Waals surface area (Å²) < 4.78 is 33.2. The Morgan fingerprint density at radius 3 is 2.70 bits per heavy atom. The second-order valence-corrected chi connectivity index (χ2v) is 7.84. The molecule has 11 heteroatoms. The van der Waals surface area contributed by atoms with E-state index in [2.05, 4.69) is 11.9 Å². The molecule has 1 amide bonds. The van der Waals surface area contributed by atoms with Crippen molar-refractivity contribution in [2.75, 3.05) is 27.6 Å². The number of aliphatic hydroxyl groups is 3. The third-order valence-corrected chi connectivity index (χ3v) is 5.72. The molecule has 0 unspecified atom stereocenters. The number of rotatable bonds is 6. The Morgan fingerprint density at radius 2 is 2.10 bits per heavy atom. The Balaban J connectivity index is 1.74. The van der Waals surface area contributed by atoms with Crippen LogP contribution in [0, 0.1) is 0 Å². The van der Waals surface area contributed by atoms with Crippen LogP contribution in [-0.4, -0.2) is 104 Å². The van der Waals surface area contributed by atoms with Crippen molar-refractivity contribution in [3.05, 3.63) is 12.2 Å². The molecule has 4 N–H and O–H groups in total. The first-order chi connectivity index (χ1) is 14.3. The minimum Gasteiger partial charge on any atom is -0.394 e. The van der Waals surface area contributed by atoms with Gasteiger partial charge in [0, 0.05) is 20.6 Å². The first kappa shape index (κ1) is 23.5. The summed E-state index contributed by atoms with van der Waals surface area (Å²) in [6, 6.07) is 0. The van der Waals surface area contributed by atoms with Crippen LogP contribution in [0.25, 0.3) is 0 Å². The van der Waals surface area contributed by atoms with Gasteiger partial charge >= 0.3 is 0 Å². The molecule has 30 heavy (non-hydrogen) atoms. The van der Waals surface area contributed by atoms with Gasteiger partial charge in [-0.25, -0.2) is 0 Å². The monoisotopic (exact) mass is 433 g/mol. The summed E-state index contributed by atoms with van der Waals surface area (Å²) >= 11 is 0. The normalized spacial score (nSPS) is 43.0. The van der Waals surface area contributed by atoms with E-state index in [-0.39, 0.29) is 19.3 Å². The van der Waals surface area contributed by atoms with Gasteiger partial charge in [0.25, 0.3) is 5.91 Å². The van der Waals surface area contributed by atoms with E-state index >= 15 is 0 Å². The summed E-state index contributed by atoms with van der Waals surface area (Å²) in [6.45, 7) is 5.08. The molecule has 0 aromatic rings. The highest BCUT2D eigenvalue weighted by molar-refractivity contribution is 5.82. The van der Waals surface area contributed by atoms with E-state index in [4.69, 9.17) is 28.4 Å². The van der Waals surface area contributed by atoms with Crippen molar-refractivity contribution in [1.82, 2.24) is 5.32 Å². The van der Waals surface area contributed by atoms with Crippen LogP contribution in [-0.2, 0) is 33.2 Å². The van der Waals surface area contributed by atoms with Gasteiger partial charge < -0.3 is 49.1 Å². The molecule has 0 radical (unpaired) electrons. The highest BCUT2D eigenvalue weighted by Gasteiger charge is 2.53. The van der Waals surface area contributed by atoms with Gasteiger partial charge in [0.15, 0.2) is 12.3 Å². The SMILES string of the molecule is C=C1C[C@@H](C)O[C@@](OC)([C@H](O)C(=O)N[C@@H]2OCO[C@@H]3[C@@H](OC)[C@H](O)[C@@H](CO)O[C@@H]32)C1. The molecule has 0 aliphatic carbocycles. The Kier molecular flexibility index (Phi) is 7.49. The predicted octanol–water partition coefficient (Wildman–Crippen LogP) is -1.60. The highest BCUT2D eigenvalue weighted by Crippen LogP contribution is 2.36. The highest BCUT2D eigenvalue weighted by atomic mass is 16.7. The molecule has 0 bridgehead atoms. The van der Waals surface area contributed by atoms with Crippen molar-refractivity contribution in [2.24, 2.45) is 0 Å². The minimum absolute atomic E-state index is 0.157. The van der Waals surface area contributed by atoms with Crippen molar-refractivity contribution in [3.8, 4) is 0 Å². The molecule has 3 aliphatic heterocycles. The molecule has 0 aromatic carbocycles. The topological polar surface area (TPSA) is 145 Å². The number of hydrogen-bond acceptors (Lipinski definition) is 10. The number of nitrogens with one attached hydrogen (secondary N) is 1. The standard InChI is InChI=1S/C19H31NO10/c1-9-5-10(2)30-19(6-9,26-4)16(23)17(24)20-18-15-14(27-8-28-18)13(25-3)12(22)11(7-21)29-15/h10-16,18,21-23H,1,5-8H2,2-4H3,(H,20,24)/t10-,11-,12-,13+,14-,15+,16-,18-,19-/m1/s1. The Morgan fingerprint density at radius 1 is 1.37 bits per heavy atom. The van der Waals surface area contributed by atoms with Gasteiger partial charge in [0.05, 0.1) is 12.7 Å².